The maximum absolute atomic E-state index is 13.6. The lowest BCUT2D eigenvalue weighted by Gasteiger charge is -2.11. The molecular weight excluding hydrogens is 217 g/mol. The Labute approximate surface area is 101 Å². The molecular formula is C13H18FN3. The molecule has 0 saturated heterocycles. The van der Waals surface area contributed by atoms with Gasteiger partial charge in [-0.25, -0.2) is 9.37 Å². The molecule has 0 spiro atoms. The first-order valence-electron chi connectivity index (χ1n) is 5.96. The van der Waals surface area contributed by atoms with E-state index in [2.05, 4.69) is 24.1 Å². The smallest absolute Gasteiger partial charge is 0.151 e. The van der Waals surface area contributed by atoms with Gasteiger partial charge in [0.05, 0.1) is 5.52 Å². The Morgan fingerprint density at radius 1 is 1.47 bits per heavy atom. The number of rotatable bonds is 4. The van der Waals surface area contributed by atoms with Crippen LogP contribution in [0.15, 0.2) is 18.2 Å². The van der Waals surface area contributed by atoms with E-state index in [1.165, 1.54) is 6.07 Å². The molecule has 0 aliphatic heterocycles. The van der Waals surface area contributed by atoms with Gasteiger partial charge < -0.3 is 9.88 Å². The summed E-state index contributed by atoms with van der Waals surface area (Å²) < 4.78 is 15.6. The predicted molar refractivity (Wildman–Crippen MR) is 67.6 cm³/mol. The lowest BCUT2D eigenvalue weighted by atomic mass is 10.1. The van der Waals surface area contributed by atoms with Gasteiger partial charge in [-0.2, -0.15) is 0 Å². The van der Waals surface area contributed by atoms with Crippen LogP contribution in [0.2, 0.25) is 0 Å². The number of aryl methyl sites for hydroxylation is 1. The SMILES string of the molecule is CCNCC(C)c1nc2c(F)cccc2n1C. The van der Waals surface area contributed by atoms with E-state index in [0.29, 0.717) is 5.52 Å². The first-order valence-corrected chi connectivity index (χ1v) is 5.96. The van der Waals surface area contributed by atoms with Crippen molar-refractivity contribution in [1.82, 2.24) is 14.9 Å². The van der Waals surface area contributed by atoms with Crippen LogP contribution in [0.1, 0.15) is 25.6 Å². The van der Waals surface area contributed by atoms with E-state index in [1.807, 2.05) is 17.7 Å². The maximum Gasteiger partial charge on any atom is 0.151 e. The first kappa shape index (κ1) is 12.0. The van der Waals surface area contributed by atoms with Crippen LogP contribution in [0.25, 0.3) is 11.0 Å². The van der Waals surface area contributed by atoms with E-state index in [0.717, 1.165) is 24.4 Å². The molecule has 2 aromatic rings. The van der Waals surface area contributed by atoms with E-state index in [4.69, 9.17) is 0 Å². The molecule has 0 saturated carbocycles. The molecule has 0 radical (unpaired) electrons. The van der Waals surface area contributed by atoms with Crippen molar-refractivity contribution in [3.05, 3.63) is 29.8 Å². The molecule has 1 N–H and O–H groups in total. The van der Waals surface area contributed by atoms with Gasteiger partial charge in [-0.3, -0.25) is 0 Å². The Kier molecular flexibility index (Phi) is 3.43. The molecule has 17 heavy (non-hydrogen) atoms. The monoisotopic (exact) mass is 235 g/mol. The molecule has 0 amide bonds. The van der Waals surface area contributed by atoms with Crippen LogP contribution in [0.5, 0.6) is 0 Å². The number of benzene rings is 1. The highest BCUT2D eigenvalue weighted by molar-refractivity contribution is 5.76. The summed E-state index contributed by atoms with van der Waals surface area (Å²) in [5, 5.41) is 3.29. The molecule has 0 fully saturated rings. The van der Waals surface area contributed by atoms with Gasteiger partial charge >= 0.3 is 0 Å². The van der Waals surface area contributed by atoms with Gasteiger partial charge in [-0.05, 0) is 18.7 Å². The second-order valence-corrected chi connectivity index (χ2v) is 4.35. The maximum atomic E-state index is 13.6. The zero-order chi connectivity index (χ0) is 12.4. The van der Waals surface area contributed by atoms with Gasteiger partial charge in [-0.15, -0.1) is 0 Å². The minimum absolute atomic E-state index is 0.250. The topological polar surface area (TPSA) is 29.9 Å². The normalized spacial score (nSPS) is 13.2. The number of nitrogens with one attached hydrogen (secondary N) is 1. The van der Waals surface area contributed by atoms with Gasteiger partial charge in [0, 0.05) is 19.5 Å². The van der Waals surface area contributed by atoms with Gasteiger partial charge in [-0.1, -0.05) is 19.9 Å². The summed E-state index contributed by atoms with van der Waals surface area (Å²) >= 11 is 0. The Morgan fingerprint density at radius 3 is 2.88 bits per heavy atom. The molecule has 3 nitrogen and oxygen atoms in total. The van der Waals surface area contributed by atoms with Crippen molar-refractivity contribution in [3.63, 3.8) is 0 Å². The summed E-state index contributed by atoms with van der Waals surface area (Å²) in [7, 11) is 1.94. The number of fused-ring (bicyclic) bond motifs is 1. The molecule has 0 bridgehead atoms. The fourth-order valence-electron chi connectivity index (χ4n) is 2.09. The Hall–Kier alpha value is -1.42. The molecule has 1 unspecified atom stereocenters. The Balaban J connectivity index is 2.41. The van der Waals surface area contributed by atoms with Crippen molar-refractivity contribution < 1.29 is 4.39 Å². The van der Waals surface area contributed by atoms with Crippen molar-refractivity contribution in [2.45, 2.75) is 19.8 Å². The summed E-state index contributed by atoms with van der Waals surface area (Å²) in [6.07, 6.45) is 0. The number of aromatic nitrogens is 2. The highest BCUT2D eigenvalue weighted by Crippen LogP contribution is 2.22. The zero-order valence-electron chi connectivity index (χ0n) is 10.5. The second-order valence-electron chi connectivity index (χ2n) is 4.35. The van der Waals surface area contributed by atoms with Crippen LogP contribution in [0.3, 0.4) is 0 Å². The molecule has 0 aliphatic rings. The number of likely N-dealkylation sites (N-methyl/N-ethyl adjacent to an activating group) is 1. The molecule has 4 heteroatoms. The highest BCUT2D eigenvalue weighted by Gasteiger charge is 2.15. The molecule has 1 aromatic carbocycles. The lowest BCUT2D eigenvalue weighted by molar-refractivity contribution is 0.592. The number of nitrogens with zero attached hydrogens (tertiary/aromatic N) is 2. The van der Waals surface area contributed by atoms with E-state index >= 15 is 0 Å². The van der Waals surface area contributed by atoms with Crippen molar-refractivity contribution in [2.24, 2.45) is 7.05 Å². The fourth-order valence-corrected chi connectivity index (χ4v) is 2.09. The number of imidazole rings is 1. The van der Waals surface area contributed by atoms with E-state index in [-0.39, 0.29) is 11.7 Å². The number of hydrogen-bond acceptors (Lipinski definition) is 2. The van der Waals surface area contributed by atoms with E-state index < -0.39 is 0 Å². The summed E-state index contributed by atoms with van der Waals surface area (Å²) in [4.78, 5) is 4.41. The minimum Gasteiger partial charge on any atom is -0.331 e. The summed E-state index contributed by atoms with van der Waals surface area (Å²) in [6.45, 7) is 5.96. The molecule has 1 heterocycles. The largest absolute Gasteiger partial charge is 0.331 e. The number of hydrogen-bond donors (Lipinski definition) is 1. The molecule has 0 aliphatic carbocycles. The first-order chi connectivity index (χ1) is 8.15. The fraction of sp³-hybridized carbons (Fsp3) is 0.462. The van der Waals surface area contributed by atoms with Crippen LogP contribution >= 0.6 is 0 Å². The third-order valence-corrected chi connectivity index (χ3v) is 3.04. The zero-order valence-corrected chi connectivity index (χ0v) is 10.5. The number of halogens is 1. The molecule has 1 aromatic heterocycles. The van der Waals surface area contributed by atoms with Crippen molar-refractivity contribution in [2.75, 3.05) is 13.1 Å². The van der Waals surface area contributed by atoms with Gasteiger partial charge in [0.25, 0.3) is 0 Å². The summed E-state index contributed by atoms with van der Waals surface area (Å²) in [5.41, 5.74) is 1.32. The molecule has 92 valence electrons. The summed E-state index contributed by atoms with van der Waals surface area (Å²) in [5.74, 6) is 0.942. The van der Waals surface area contributed by atoms with Crippen LogP contribution < -0.4 is 5.32 Å². The van der Waals surface area contributed by atoms with Crippen molar-refractivity contribution in [1.29, 1.82) is 0 Å². The Morgan fingerprint density at radius 2 is 2.24 bits per heavy atom. The quantitative estimate of drug-likeness (QED) is 0.882. The van der Waals surface area contributed by atoms with Crippen LogP contribution in [0.4, 0.5) is 4.39 Å². The highest BCUT2D eigenvalue weighted by atomic mass is 19.1. The average molecular weight is 235 g/mol. The molecule has 2 rings (SSSR count). The van der Waals surface area contributed by atoms with Gasteiger partial charge in [0.15, 0.2) is 5.82 Å². The van der Waals surface area contributed by atoms with E-state index in [1.54, 1.807) is 6.07 Å². The van der Waals surface area contributed by atoms with Gasteiger partial charge in [0.2, 0.25) is 0 Å². The Bertz CT molecular complexity index is 519. The van der Waals surface area contributed by atoms with Gasteiger partial charge in [0.1, 0.15) is 11.3 Å². The summed E-state index contributed by atoms with van der Waals surface area (Å²) in [6, 6.07) is 5.07. The molecule has 1 atom stereocenters. The van der Waals surface area contributed by atoms with Crippen LogP contribution in [-0.2, 0) is 7.05 Å². The average Bonchev–Trinajstić information content (AvgIpc) is 2.66. The van der Waals surface area contributed by atoms with E-state index in [9.17, 15) is 4.39 Å². The van der Waals surface area contributed by atoms with Crippen molar-refractivity contribution >= 4 is 11.0 Å². The van der Waals surface area contributed by atoms with Crippen LogP contribution in [-0.4, -0.2) is 22.6 Å². The van der Waals surface area contributed by atoms with Crippen molar-refractivity contribution in [3.8, 4) is 0 Å². The second kappa shape index (κ2) is 4.84. The minimum atomic E-state index is -0.250. The van der Waals surface area contributed by atoms with Crippen LogP contribution in [0, 0.1) is 5.82 Å². The predicted octanol–water partition coefficient (Wildman–Crippen LogP) is 2.43. The lowest BCUT2D eigenvalue weighted by Crippen LogP contribution is -2.21. The third-order valence-electron chi connectivity index (χ3n) is 3.04. The third kappa shape index (κ3) is 2.17. The number of para-hydroxylation sites is 1. The standard InChI is InChI=1S/C13H18FN3/c1-4-15-8-9(2)13-16-12-10(14)6-5-7-11(12)17(13)3/h5-7,9,15H,4,8H2,1-3H3.